The summed E-state index contributed by atoms with van der Waals surface area (Å²) in [6.07, 6.45) is 3.56. The first-order valence-electron chi connectivity index (χ1n) is 22.4. The molecule has 0 bridgehead atoms. The number of aliphatic hydroxyl groups is 1. The molecule has 0 aliphatic carbocycles. The number of hydrazine groups is 1. The van der Waals surface area contributed by atoms with E-state index in [0.717, 1.165) is 18.0 Å². The molecule has 0 saturated heterocycles. The fraction of sp³-hybridized carbons (Fsp3) is 0.340. The molecule has 1 aromatic heterocycles. The molecule has 5 aromatic rings. The van der Waals surface area contributed by atoms with E-state index < -0.39 is 66.3 Å². The van der Waals surface area contributed by atoms with E-state index in [-0.39, 0.29) is 42.9 Å². The number of hydrogen-bond donors (Lipinski definition) is 13. The average Bonchev–Trinajstić information content (AvgIpc) is 3.79. The lowest BCUT2D eigenvalue weighted by Crippen LogP contribution is -2.60. The first kappa shape index (κ1) is 60.9. The number of phenolic OH excluding ortho intramolecular Hbond substituents is 2. The standard InChI is InChI=1S/C43H48N8O9S.C3H8.C2H6.CH4O.CH2O/c52-24-30(18-27-10-14-31(53)15-11-27)46-39(55)23-45-40(56)37(21-29-22-44-34-9-5-4-8-33(29)34)49-42(58)35(19-26-6-2-1-3-7-26)47-41(57)36(20-28-12-16-32(54)17-13-28)48-43(59)38(25-61)50-51-60;1-3-2;3*1-2/h1-17,22,24,30,35-38,44,50-51,53-54,60-61H,18-21,23,25H2,(H,45,56)(H,46,55)(H,47,57)(H,48,59)(H,49,58);3H2,1-2H3;1-2H3;2H,1H3;1H2/t30?,35-,36?,37?,38-;;;;/m0..../s1. The third-order valence-corrected chi connectivity index (χ3v) is 10.1. The summed E-state index contributed by atoms with van der Waals surface area (Å²) in [6, 6.07) is 22.5. The molecule has 5 atom stereocenters. The number of aromatic nitrogens is 1. The Balaban J connectivity index is 0.00000255. The Bertz CT molecular complexity index is 2300. The van der Waals surface area contributed by atoms with Crippen molar-refractivity contribution in [2.24, 2.45) is 0 Å². The van der Waals surface area contributed by atoms with Crippen LogP contribution in [0.4, 0.5) is 0 Å². The van der Waals surface area contributed by atoms with Gasteiger partial charge in [0.2, 0.25) is 29.5 Å². The minimum absolute atomic E-state index is 0.00984. The number of rotatable bonds is 22. The first-order chi connectivity index (χ1) is 33.9. The highest BCUT2D eigenvalue weighted by Crippen LogP contribution is 2.20. The maximum atomic E-state index is 14.4. The molecule has 0 fully saturated rings. The van der Waals surface area contributed by atoms with Crippen molar-refractivity contribution in [3.05, 3.63) is 132 Å². The first-order valence-corrected chi connectivity index (χ1v) is 23.1. The highest BCUT2D eigenvalue weighted by molar-refractivity contribution is 7.80. The Morgan fingerprint density at radius 2 is 1.07 bits per heavy atom. The molecule has 20 heteroatoms. The maximum absolute atomic E-state index is 14.4. The third kappa shape index (κ3) is 21.5. The van der Waals surface area contributed by atoms with Crippen LogP contribution in [-0.4, -0.2) is 118 Å². The summed E-state index contributed by atoms with van der Waals surface area (Å²) in [5.41, 5.74) is 7.43. The molecule has 0 saturated carbocycles. The summed E-state index contributed by atoms with van der Waals surface area (Å²) >= 11 is 4.14. The molecule has 5 amide bonds. The Hall–Kier alpha value is -7.10. The topological polar surface area (TPSA) is 300 Å². The molecule has 380 valence electrons. The van der Waals surface area contributed by atoms with Crippen molar-refractivity contribution in [3.63, 3.8) is 0 Å². The number of carbonyl (C=O) groups is 7. The monoisotopic (exact) mass is 988 g/mol. The van der Waals surface area contributed by atoms with Crippen molar-refractivity contribution < 1.29 is 54.1 Å². The van der Waals surface area contributed by atoms with E-state index in [1.54, 1.807) is 66.4 Å². The molecule has 19 nitrogen and oxygen atoms in total. The van der Waals surface area contributed by atoms with Crippen LogP contribution in [0.15, 0.2) is 109 Å². The van der Waals surface area contributed by atoms with Gasteiger partial charge in [0.1, 0.15) is 48.7 Å². The number of fused-ring (bicyclic) bond motifs is 1. The van der Waals surface area contributed by atoms with E-state index in [0.29, 0.717) is 28.5 Å². The predicted molar refractivity (Wildman–Crippen MR) is 271 cm³/mol. The summed E-state index contributed by atoms with van der Waals surface area (Å²) in [6.45, 7) is 9.72. The number of aldehydes is 1. The van der Waals surface area contributed by atoms with Crippen molar-refractivity contribution in [2.45, 2.75) is 90.0 Å². The summed E-state index contributed by atoms with van der Waals surface area (Å²) in [5, 5.41) is 49.7. The highest BCUT2D eigenvalue weighted by Gasteiger charge is 2.32. The third-order valence-electron chi connectivity index (χ3n) is 9.72. The number of aliphatic hydroxyl groups excluding tert-OH is 1. The molecule has 70 heavy (non-hydrogen) atoms. The predicted octanol–water partition coefficient (Wildman–Crippen LogP) is 2.75. The van der Waals surface area contributed by atoms with E-state index in [9.17, 15) is 39.0 Å². The number of amides is 5. The van der Waals surface area contributed by atoms with Crippen molar-refractivity contribution >= 4 is 66.1 Å². The van der Waals surface area contributed by atoms with Crippen LogP contribution in [0.2, 0.25) is 0 Å². The van der Waals surface area contributed by atoms with Crippen LogP contribution in [0.25, 0.3) is 10.9 Å². The van der Waals surface area contributed by atoms with Crippen molar-refractivity contribution in [3.8, 4) is 11.5 Å². The zero-order chi connectivity index (χ0) is 52.4. The van der Waals surface area contributed by atoms with Gasteiger partial charge in [-0.05, 0) is 59.0 Å². The van der Waals surface area contributed by atoms with E-state index >= 15 is 0 Å². The largest absolute Gasteiger partial charge is 0.508 e. The maximum Gasteiger partial charge on any atom is 0.243 e. The second-order valence-corrected chi connectivity index (χ2v) is 15.3. The van der Waals surface area contributed by atoms with Crippen LogP contribution in [0.3, 0.4) is 0 Å². The molecule has 4 aromatic carbocycles. The summed E-state index contributed by atoms with van der Waals surface area (Å²) in [4.78, 5) is 91.6. The highest BCUT2D eigenvalue weighted by atomic mass is 32.1. The second-order valence-electron chi connectivity index (χ2n) is 14.9. The number of phenols is 2. The zero-order valence-corrected chi connectivity index (χ0v) is 41.0. The van der Waals surface area contributed by atoms with E-state index in [1.165, 1.54) is 30.7 Å². The average molecular weight is 989 g/mol. The van der Waals surface area contributed by atoms with Gasteiger partial charge in [0.05, 0.1) is 12.6 Å². The van der Waals surface area contributed by atoms with Gasteiger partial charge >= 0.3 is 0 Å². The van der Waals surface area contributed by atoms with Crippen molar-refractivity contribution in [2.75, 3.05) is 19.4 Å². The Labute approximate surface area is 414 Å². The molecule has 12 N–H and O–H groups in total. The van der Waals surface area contributed by atoms with Crippen LogP contribution in [0.1, 0.15) is 56.4 Å². The number of hydrogen-bond acceptors (Lipinski definition) is 14. The number of carbonyl (C=O) groups excluding carboxylic acids is 7. The van der Waals surface area contributed by atoms with Crippen LogP contribution in [-0.2, 0) is 59.2 Å². The SMILES string of the molecule is C=O.CC.CCC.CO.O=CC(Cc1ccc(O)cc1)NC(=O)CNC(=O)C(Cc1c[nH]c2ccccc12)NC(=O)[C@H](Cc1ccccc1)NC(=O)C(Cc1ccc(O)cc1)NC(=O)[C@H](CS)NNO. The lowest BCUT2D eigenvalue weighted by atomic mass is 10.0. The van der Waals surface area contributed by atoms with Gasteiger partial charge < -0.3 is 61.7 Å². The van der Waals surface area contributed by atoms with Gasteiger partial charge in [-0.2, -0.15) is 12.6 Å². The molecular weight excluding hydrogens is 921 g/mol. The van der Waals surface area contributed by atoms with Gasteiger partial charge in [-0.15, -0.1) is 5.59 Å². The van der Waals surface area contributed by atoms with E-state index in [1.807, 2.05) is 44.9 Å². The molecule has 0 radical (unpaired) electrons. The normalized spacial score (nSPS) is 12.2. The number of H-pyrrole nitrogens is 1. The number of aromatic hydroxyl groups is 2. The summed E-state index contributed by atoms with van der Waals surface area (Å²) in [7, 11) is 1.00. The van der Waals surface area contributed by atoms with E-state index in [2.05, 4.69) is 63.5 Å². The van der Waals surface area contributed by atoms with E-state index in [4.69, 9.17) is 15.1 Å². The van der Waals surface area contributed by atoms with Crippen LogP contribution in [0.5, 0.6) is 11.5 Å². The fourth-order valence-electron chi connectivity index (χ4n) is 6.52. The van der Waals surface area contributed by atoms with Gasteiger partial charge in [-0.3, -0.25) is 24.0 Å². The molecular formula is C50H68N8O11S. The fourth-order valence-corrected chi connectivity index (χ4v) is 6.78. The molecule has 0 aliphatic heterocycles. The molecule has 0 aliphatic rings. The molecule has 1 heterocycles. The molecule has 3 unspecified atom stereocenters. The number of thiol groups is 1. The number of benzene rings is 4. The zero-order valence-electron chi connectivity index (χ0n) is 40.1. The quantitative estimate of drug-likeness (QED) is 0.0270. The lowest BCUT2D eigenvalue weighted by Gasteiger charge is -2.26. The van der Waals surface area contributed by atoms with Crippen molar-refractivity contribution in [1.29, 1.82) is 0 Å². The summed E-state index contributed by atoms with van der Waals surface area (Å²) < 4.78 is 0. The summed E-state index contributed by atoms with van der Waals surface area (Å²) in [5.74, 6) is -3.60. The van der Waals surface area contributed by atoms with Gasteiger partial charge in [0.25, 0.3) is 0 Å². The second kappa shape index (κ2) is 35.1. The Kier molecular flexibility index (Phi) is 30.5. The molecule has 5 rings (SSSR count). The van der Waals surface area contributed by atoms with Crippen molar-refractivity contribution in [1.82, 2.24) is 42.6 Å². The van der Waals surface area contributed by atoms with Crippen LogP contribution < -0.4 is 37.6 Å². The van der Waals surface area contributed by atoms with Gasteiger partial charge in [0, 0.05) is 49.2 Å². The Morgan fingerprint density at radius 1 is 0.629 bits per heavy atom. The van der Waals surface area contributed by atoms with Gasteiger partial charge in [-0.25, -0.2) is 5.43 Å². The number of nitrogens with one attached hydrogen (secondary N) is 8. The molecule has 0 spiro atoms. The smallest absolute Gasteiger partial charge is 0.243 e. The van der Waals surface area contributed by atoms with Crippen LogP contribution in [0, 0.1) is 0 Å². The Morgan fingerprint density at radius 3 is 1.56 bits per heavy atom. The number of aromatic amines is 1. The minimum atomic E-state index is -1.29. The number of para-hydroxylation sites is 1. The minimum Gasteiger partial charge on any atom is -0.508 e. The van der Waals surface area contributed by atoms with Gasteiger partial charge in [-0.1, -0.05) is 107 Å². The lowest BCUT2D eigenvalue weighted by molar-refractivity contribution is -0.134. The van der Waals surface area contributed by atoms with Crippen LogP contribution >= 0.6 is 12.6 Å². The van der Waals surface area contributed by atoms with Gasteiger partial charge in [0.15, 0.2) is 0 Å².